The van der Waals surface area contributed by atoms with Crippen LogP contribution in [0.1, 0.15) is 207 Å². The summed E-state index contributed by atoms with van der Waals surface area (Å²) in [6.07, 6.45) is 9.64. The van der Waals surface area contributed by atoms with Crippen molar-refractivity contribution in [1.29, 1.82) is 0 Å². The van der Waals surface area contributed by atoms with Crippen LogP contribution in [0.5, 0.6) is 0 Å². The summed E-state index contributed by atoms with van der Waals surface area (Å²) in [6, 6.07) is 52.3. The molecular formula is C76H91BN4. The van der Waals surface area contributed by atoms with Crippen LogP contribution in [0, 0.1) is 13.8 Å². The summed E-state index contributed by atoms with van der Waals surface area (Å²) < 4.78 is 0. The lowest BCUT2D eigenvalue weighted by Gasteiger charge is -2.51. The molecule has 4 aliphatic heterocycles. The fourth-order valence-corrected chi connectivity index (χ4v) is 16.7. The lowest BCUT2D eigenvalue weighted by atomic mass is 9.33. The van der Waals surface area contributed by atoms with E-state index >= 15 is 0 Å². The third-order valence-corrected chi connectivity index (χ3v) is 21.9. The normalized spacial score (nSPS) is 23.9. The molecule has 6 aliphatic rings. The van der Waals surface area contributed by atoms with Crippen LogP contribution >= 0.6 is 0 Å². The Hall–Kier alpha value is -6.20. The van der Waals surface area contributed by atoms with E-state index in [4.69, 9.17) is 0 Å². The van der Waals surface area contributed by atoms with Crippen LogP contribution in [0.25, 0.3) is 0 Å². The van der Waals surface area contributed by atoms with Gasteiger partial charge in [-0.3, -0.25) is 0 Å². The van der Waals surface area contributed by atoms with Gasteiger partial charge in [0, 0.05) is 67.7 Å². The molecule has 4 atom stereocenters. The fourth-order valence-electron chi connectivity index (χ4n) is 16.7. The van der Waals surface area contributed by atoms with Crippen molar-refractivity contribution in [2.45, 2.75) is 220 Å². The highest BCUT2D eigenvalue weighted by molar-refractivity contribution is 7.00. The number of hydrogen-bond acceptors (Lipinski definition) is 4. The zero-order valence-electron chi connectivity index (χ0n) is 52.6. The Morgan fingerprint density at radius 2 is 0.815 bits per heavy atom. The van der Waals surface area contributed by atoms with Crippen LogP contribution in [0.4, 0.5) is 56.9 Å². The summed E-state index contributed by atoms with van der Waals surface area (Å²) in [5.74, 6) is 0. The van der Waals surface area contributed by atoms with Crippen molar-refractivity contribution < 1.29 is 0 Å². The summed E-state index contributed by atoms with van der Waals surface area (Å²) in [6.45, 7) is 43.4. The molecule has 4 heterocycles. The second kappa shape index (κ2) is 17.7. The standard InChI is InChI=1S/C76H91BN4/c1-48-41-49(2)68-59(42-48)74(16)38-20-22-40-76(74,18)81(68)57-46-65-67-66(47-57)79(55-31-25-51(26-32-55)70(6,7)8)64-45-56(80-62-35-27-52(71(9,10)11)43-58(62)73(15)37-19-21-39-75(73,80)17)33-34-60(64)77(67)61-44-53(72(12,13)14)28-36-63(61)78(65)54-29-23-50(24-30-54)69(3,4)5/h23-36,41-47H,19-22,37-40H2,1-18H3. The first-order chi connectivity index (χ1) is 38.0. The third kappa shape index (κ3) is 7.81. The lowest BCUT2D eigenvalue weighted by molar-refractivity contribution is 0.195. The quantitative estimate of drug-likeness (QED) is 0.163. The van der Waals surface area contributed by atoms with E-state index in [1.165, 1.54) is 156 Å². The van der Waals surface area contributed by atoms with Crippen molar-refractivity contribution in [3.63, 3.8) is 0 Å². The maximum absolute atomic E-state index is 2.87. The van der Waals surface area contributed by atoms with Gasteiger partial charge in [-0.05, 0) is 191 Å². The molecule has 418 valence electrons. The number of benzene rings is 7. The summed E-state index contributed by atoms with van der Waals surface area (Å²) >= 11 is 0. The molecule has 7 aromatic carbocycles. The predicted octanol–water partition coefficient (Wildman–Crippen LogP) is 19.1. The molecule has 0 bridgehead atoms. The first-order valence-electron chi connectivity index (χ1n) is 31.1. The van der Waals surface area contributed by atoms with Crippen LogP contribution in [-0.4, -0.2) is 17.8 Å². The highest BCUT2D eigenvalue weighted by Crippen LogP contribution is 2.64. The predicted molar refractivity (Wildman–Crippen MR) is 350 cm³/mol. The molecule has 5 heteroatoms. The van der Waals surface area contributed by atoms with E-state index in [-0.39, 0.29) is 50.3 Å². The number of hydrogen-bond donors (Lipinski definition) is 0. The molecule has 2 saturated carbocycles. The van der Waals surface area contributed by atoms with E-state index in [1.807, 2.05) is 0 Å². The Morgan fingerprint density at radius 1 is 0.370 bits per heavy atom. The van der Waals surface area contributed by atoms with Crippen molar-refractivity contribution in [2.24, 2.45) is 0 Å². The average molecular weight is 1070 g/mol. The average Bonchev–Trinajstić information content (AvgIpc) is 2.11. The Balaban J connectivity index is 1.14. The van der Waals surface area contributed by atoms with Gasteiger partial charge in [-0.1, -0.05) is 195 Å². The highest BCUT2D eigenvalue weighted by atomic mass is 15.3. The maximum atomic E-state index is 2.87. The molecule has 4 nitrogen and oxygen atoms in total. The molecule has 0 saturated heterocycles. The zero-order chi connectivity index (χ0) is 57.5. The van der Waals surface area contributed by atoms with Crippen LogP contribution in [-0.2, 0) is 32.5 Å². The highest BCUT2D eigenvalue weighted by Gasteiger charge is 2.60. The van der Waals surface area contributed by atoms with Gasteiger partial charge in [0.15, 0.2) is 0 Å². The molecule has 0 N–H and O–H groups in total. The molecule has 4 unspecified atom stereocenters. The maximum Gasteiger partial charge on any atom is 0.252 e. The van der Waals surface area contributed by atoms with E-state index in [0.29, 0.717) is 0 Å². The first-order valence-corrected chi connectivity index (χ1v) is 31.1. The minimum atomic E-state index is -0.142. The summed E-state index contributed by atoms with van der Waals surface area (Å²) in [5, 5.41) is 0. The van der Waals surface area contributed by atoms with Crippen LogP contribution in [0.15, 0.2) is 127 Å². The van der Waals surface area contributed by atoms with E-state index < -0.39 is 0 Å². The van der Waals surface area contributed by atoms with Crippen LogP contribution < -0.4 is 36.0 Å². The van der Waals surface area contributed by atoms with Crippen LogP contribution in [0.2, 0.25) is 0 Å². The monoisotopic (exact) mass is 1070 g/mol. The van der Waals surface area contributed by atoms with Crippen molar-refractivity contribution in [1.82, 2.24) is 0 Å². The Bertz CT molecular complexity index is 3710. The minimum Gasteiger partial charge on any atom is -0.334 e. The molecule has 0 radical (unpaired) electrons. The topological polar surface area (TPSA) is 13.0 Å². The van der Waals surface area contributed by atoms with Crippen molar-refractivity contribution >= 4 is 80.0 Å². The zero-order valence-corrected chi connectivity index (χ0v) is 52.6. The van der Waals surface area contributed by atoms with Gasteiger partial charge >= 0.3 is 0 Å². The molecule has 0 aromatic heterocycles. The third-order valence-electron chi connectivity index (χ3n) is 21.9. The first kappa shape index (κ1) is 54.1. The number of anilines is 10. The number of aryl methyl sites for hydroxylation is 2. The smallest absolute Gasteiger partial charge is 0.252 e. The SMILES string of the molecule is Cc1cc(C)c2c(c1)C1(C)CCCCC1(C)N2c1cc2c3c(c1)N(c1ccc(C(C)(C)C)cc1)c1cc(N4c5ccc(C(C)(C)C)cc5C5(C)CCCCC45C)ccc1B3c1cc(C(C)(C)C)ccc1N2c1ccc(C(C)(C)C)cc1. The second-order valence-electron chi connectivity index (χ2n) is 31.1. The van der Waals surface area contributed by atoms with Gasteiger partial charge in [-0.2, -0.15) is 0 Å². The second-order valence-corrected chi connectivity index (χ2v) is 31.1. The van der Waals surface area contributed by atoms with E-state index in [0.717, 1.165) is 12.8 Å². The fraction of sp³-hybridized carbons (Fsp3) is 0.447. The molecule has 81 heavy (non-hydrogen) atoms. The van der Waals surface area contributed by atoms with Gasteiger partial charge in [0.05, 0.1) is 11.1 Å². The molecule has 0 amide bonds. The van der Waals surface area contributed by atoms with Gasteiger partial charge in [0.25, 0.3) is 6.71 Å². The Kier molecular flexibility index (Phi) is 11.8. The van der Waals surface area contributed by atoms with Crippen molar-refractivity contribution in [2.75, 3.05) is 19.6 Å². The van der Waals surface area contributed by atoms with Gasteiger partial charge in [-0.25, -0.2) is 0 Å². The van der Waals surface area contributed by atoms with E-state index in [2.05, 4.69) is 272 Å². The van der Waals surface area contributed by atoms with E-state index in [9.17, 15) is 0 Å². The summed E-state index contributed by atoms with van der Waals surface area (Å²) in [5.41, 5.74) is 28.0. The van der Waals surface area contributed by atoms with Gasteiger partial charge in [-0.15, -0.1) is 0 Å². The molecule has 7 aromatic rings. The van der Waals surface area contributed by atoms with Gasteiger partial charge in [0.2, 0.25) is 0 Å². The molecule has 2 aliphatic carbocycles. The van der Waals surface area contributed by atoms with Gasteiger partial charge < -0.3 is 19.6 Å². The number of fused-ring (bicyclic) bond motifs is 10. The Labute approximate surface area is 488 Å². The molecule has 2 fully saturated rings. The van der Waals surface area contributed by atoms with Crippen molar-refractivity contribution in [3.8, 4) is 0 Å². The largest absolute Gasteiger partial charge is 0.334 e. The van der Waals surface area contributed by atoms with E-state index in [1.54, 1.807) is 0 Å². The minimum absolute atomic E-state index is 0.00323. The lowest BCUT2D eigenvalue weighted by Crippen LogP contribution is -2.62. The van der Waals surface area contributed by atoms with Crippen molar-refractivity contribution in [3.05, 3.63) is 172 Å². The van der Waals surface area contributed by atoms with Gasteiger partial charge in [0.1, 0.15) is 0 Å². The molecule has 13 rings (SSSR count). The molecule has 0 spiro atoms. The van der Waals surface area contributed by atoms with Crippen LogP contribution in [0.3, 0.4) is 0 Å². The number of rotatable bonds is 4. The summed E-state index contributed by atoms with van der Waals surface area (Å²) in [4.78, 5) is 11.1. The molecular weight excluding hydrogens is 980 g/mol. The summed E-state index contributed by atoms with van der Waals surface area (Å²) in [7, 11) is 0. The number of nitrogens with zero attached hydrogens (tertiary/aromatic N) is 4. The Morgan fingerprint density at radius 3 is 1.36 bits per heavy atom.